The van der Waals surface area contributed by atoms with E-state index in [1.54, 1.807) is 18.2 Å². The summed E-state index contributed by atoms with van der Waals surface area (Å²) in [6.07, 6.45) is 5.31. The molecule has 1 rings (SSSR count). The lowest BCUT2D eigenvalue weighted by Gasteiger charge is -2.18. The van der Waals surface area contributed by atoms with E-state index < -0.39 is 21.8 Å². The minimum atomic E-state index is -3.34. The van der Waals surface area contributed by atoms with Crippen molar-refractivity contribution in [2.24, 2.45) is 5.92 Å². The molecule has 1 aromatic carbocycles. The van der Waals surface area contributed by atoms with Crippen LogP contribution in [0.25, 0.3) is 0 Å². The van der Waals surface area contributed by atoms with Gasteiger partial charge in [0.15, 0.2) is 21.3 Å². The molecular weight excluding hydrogens is 406 g/mol. The van der Waals surface area contributed by atoms with Crippen LogP contribution in [-0.4, -0.2) is 50.0 Å². The number of carbonyl (C=O) groups is 1. The Bertz CT molecular complexity index is 856. The molecule has 0 aromatic heterocycles. The lowest BCUT2D eigenvalue weighted by atomic mass is 9.98. The summed E-state index contributed by atoms with van der Waals surface area (Å²) in [7, 11) is -3.34. The summed E-state index contributed by atoms with van der Waals surface area (Å²) in [5.74, 6) is -0.0498. The number of ether oxygens (including phenoxy) is 1. The molecule has 0 bridgehead atoms. The fraction of sp³-hybridized carbons (Fsp3) is 0.500. The average molecular weight is 440 g/mol. The van der Waals surface area contributed by atoms with Crippen molar-refractivity contribution in [1.29, 1.82) is 0 Å². The first-order chi connectivity index (χ1) is 14.0. The fourth-order valence-electron chi connectivity index (χ4n) is 2.55. The Hall–Kier alpha value is -2.32. The number of aliphatic hydroxyl groups is 1. The standard InChI is InChI=1S/C22H33NO6S/c1-16(2)5-7-19(24)17(3)10-13-29-21-8-6-18(15-20(21)25)9-12-23-22(26)11-14-30(4,27)28/h5-6,8,11,14-15,17,19,24-25H,7,9-10,12-13H2,1-4H3,(H,23,26)/b14-11+. The molecule has 0 heterocycles. The molecule has 0 spiro atoms. The second-order valence-electron chi connectivity index (χ2n) is 7.67. The van der Waals surface area contributed by atoms with Gasteiger partial charge in [0.1, 0.15) is 0 Å². The molecule has 7 nitrogen and oxygen atoms in total. The Morgan fingerprint density at radius 1 is 1.30 bits per heavy atom. The molecule has 168 valence electrons. The van der Waals surface area contributed by atoms with E-state index in [2.05, 4.69) is 5.32 Å². The zero-order valence-corrected chi connectivity index (χ0v) is 18.9. The first-order valence-electron chi connectivity index (χ1n) is 9.90. The Morgan fingerprint density at radius 3 is 2.60 bits per heavy atom. The number of amides is 1. The van der Waals surface area contributed by atoms with E-state index >= 15 is 0 Å². The van der Waals surface area contributed by atoms with Crippen molar-refractivity contribution in [2.75, 3.05) is 19.4 Å². The van der Waals surface area contributed by atoms with Crippen molar-refractivity contribution in [3.8, 4) is 11.5 Å². The molecule has 2 unspecified atom stereocenters. The average Bonchev–Trinajstić information content (AvgIpc) is 2.65. The first kappa shape index (κ1) is 25.7. The summed E-state index contributed by atoms with van der Waals surface area (Å²) < 4.78 is 27.6. The fourth-order valence-corrected chi connectivity index (χ4v) is 2.92. The molecule has 0 aliphatic carbocycles. The molecule has 0 radical (unpaired) electrons. The van der Waals surface area contributed by atoms with Crippen molar-refractivity contribution in [1.82, 2.24) is 5.32 Å². The van der Waals surface area contributed by atoms with E-state index in [0.717, 1.165) is 23.3 Å². The minimum absolute atomic E-state index is 0.00791. The number of allylic oxidation sites excluding steroid dienone is 1. The Labute approximate surface area is 179 Å². The van der Waals surface area contributed by atoms with Gasteiger partial charge in [0.2, 0.25) is 5.91 Å². The molecule has 2 atom stereocenters. The third-order valence-corrected chi connectivity index (χ3v) is 5.09. The molecular formula is C22H33NO6S. The Kier molecular flexibility index (Phi) is 10.6. The summed E-state index contributed by atoms with van der Waals surface area (Å²) in [6.45, 7) is 6.64. The van der Waals surface area contributed by atoms with Crippen molar-refractivity contribution in [2.45, 2.75) is 46.1 Å². The van der Waals surface area contributed by atoms with Gasteiger partial charge in [0, 0.05) is 24.3 Å². The number of aliphatic hydroxyl groups excluding tert-OH is 1. The highest BCUT2D eigenvalue weighted by Crippen LogP contribution is 2.27. The zero-order valence-electron chi connectivity index (χ0n) is 18.1. The molecule has 1 aromatic rings. The molecule has 0 aliphatic heterocycles. The van der Waals surface area contributed by atoms with Crippen LogP contribution >= 0.6 is 0 Å². The van der Waals surface area contributed by atoms with Crippen LogP contribution in [0.3, 0.4) is 0 Å². The predicted octanol–water partition coefficient (Wildman–Crippen LogP) is 2.73. The van der Waals surface area contributed by atoms with E-state index in [-0.39, 0.29) is 11.7 Å². The van der Waals surface area contributed by atoms with Gasteiger partial charge >= 0.3 is 0 Å². The van der Waals surface area contributed by atoms with Gasteiger partial charge in [0.05, 0.1) is 12.7 Å². The lowest BCUT2D eigenvalue weighted by molar-refractivity contribution is -0.116. The summed E-state index contributed by atoms with van der Waals surface area (Å²) in [6, 6.07) is 5.03. The number of sulfone groups is 1. The third-order valence-electron chi connectivity index (χ3n) is 4.46. The van der Waals surface area contributed by atoms with Crippen molar-refractivity contribution < 1.29 is 28.2 Å². The van der Waals surface area contributed by atoms with Crippen LogP contribution in [0.2, 0.25) is 0 Å². The maximum absolute atomic E-state index is 11.5. The maximum atomic E-state index is 11.5. The molecule has 0 saturated carbocycles. The zero-order chi connectivity index (χ0) is 22.7. The van der Waals surface area contributed by atoms with E-state index in [1.807, 2.05) is 26.8 Å². The maximum Gasteiger partial charge on any atom is 0.244 e. The van der Waals surface area contributed by atoms with Gasteiger partial charge in [-0.05, 0) is 56.7 Å². The summed E-state index contributed by atoms with van der Waals surface area (Å²) in [4.78, 5) is 11.5. The monoisotopic (exact) mass is 439 g/mol. The van der Waals surface area contributed by atoms with Gasteiger partial charge in [-0.25, -0.2) is 8.42 Å². The number of phenols is 1. The number of hydrogen-bond donors (Lipinski definition) is 3. The SMILES string of the molecule is CC(C)=CCC(O)C(C)CCOc1ccc(CCNC(=O)/C=C/S(C)(=O)=O)cc1O. The molecule has 1 amide bonds. The second kappa shape index (κ2) is 12.4. The van der Waals surface area contributed by atoms with Crippen LogP contribution in [0, 0.1) is 5.92 Å². The lowest BCUT2D eigenvalue weighted by Crippen LogP contribution is -2.23. The first-order valence-corrected chi connectivity index (χ1v) is 11.9. The topological polar surface area (TPSA) is 113 Å². The van der Waals surface area contributed by atoms with Crippen LogP contribution in [0.4, 0.5) is 0 Å². The number of phenolic OH excluding ortho intramolecular Hbond substituents is 1. The molecule has 0 fully saturated rings. The largest absolute Gasteiger partial charge is 0.504 e. The van der Waals surface area contributed by atoms with E-state index in [9.17, 15) is 23.4 Å². The van der Waals surface area contributed by atoms with Crippen LogP contribution < -0.4 is 10.1 Å². The normalized spacial score (nSPS) is 13.6. The third kappa shape index (κ3) is 11.0. The summed E-state index contributed by atoms with van der Waals surface area (Å²) in [5.41, 5.74) is 1.98. The number of hydrogen-bond acceptors (Lipinski definition) is 6. The van der Waals surface area contributed by atoms with Crippen molar-refractivity contribution in [3.05, 3.63) is 46.9 Å². The number of rotatable bonds is 12. The van der Waals surface area contributed by atoms with Crippen LogP contribution in [0.15, 0.2) is 41.3 Å². The highest BCUT2D eigenvalue weighted by atomic mass is 32.2. The van der Waals surface area contributed by atoms with Crippen LogP contribution in [0.5, 0.6) is 11.5 Å². The van der Waals surface area contributed by atoms with E-state index in [1.165, 1.54) is 5.57 Å². The number of carbonyl (C=O) groups excluding carboxylic acids is 1. The number of aromatic hydroxyl groups is 1. The number of nitrogens with one attached hydrogen (secondary N) is 1. The second-order valence-corrected chi connectivity index (χ2v) is 9.61. The smallest absolute Gasteiger partial charge is 0.244 e. The van der Waals surface area contributed by atoms with Gasteiger partial charge < -0.3 is 20.3 Å². The molecule has 8 heteroatoms. The minimum Gasteiger partial charge on any atom is -0.504 e. The summed E-state index contributed by atoms with van der Waals surface area (Å²) >= 11 is 0. The highest BCUT2D eigenvalue weighted by Gasteiger charge is 2.13. The van der Waals surface area contributed by atoms with E-state index in [0.29, 0.717) is 38.2 Å². The predicted molar refractivity (Wildman–Crippen MR) is 118 cm³/mol. The van der Waals surface area contributed by atoms with Gasteiger partial charge in [-0.15, -0.1) is 0 Å². The summed E-state index contributed by atoms with van der Waals surface area (Å²) in [5, 5.41) is 23.7. The Balaban J connectivity index is 2.44. The molecule has 0 saturated heterocycles. The van der Waals surface area contributed by atoms with Crippen LogP contribution in [-0.2, 0) is 21.1 Å². The van der Waals surface area contributed by atoms with E-state index in [4.69, 9.17) is 4.74 Å². The van der Waals surface area contributed by atoms with Gasteiger partial charge in [-0.3, -0.25) is 4.79 Å². The van der Waals surface area contributed by atoms with Crippen LogP contribution in [0.1, 0.15) is 39.2 Å². The number of benzene rings is 1. The molecule has 30 heavy (non-hydrogen) atoms. The Morgan fingerprint density at radius 2 is 2.00 bits per heavy atom. The molecule has 0 aliphatic rings. The van der Waals surface area contributed by atoms with Gasteiger partial charge in [0.25, 0.3) is 0 Å². The van der Waals surface area contributed by atoms with Crippen molar-refractivity contribution in [3.63, 3.8) is 0 Å². The van der Waals surface area contributed by atoms with Crippen molar-refractivity contribution >= 4 is 15.7 Å². The van der Waals surface area contributed by atoms with Gasteiger partial charge in [-0.2, -0.15) is 0 Å². The van der Waals surface area contributed by atoms with Gasteiger partial charge in [-0.1, -0.05) is 24.6 Å². The quantitative estimate of drug-likeness (QED) is 0.341. The molecule has 3 N–H and O–H groups in total. The highest BCUT2D eigenvalue weighted by molar-refractivity contribution is 7.93.